The number of thiophene rings is 1. The summed E-state index contributed by atoms with van der Waals surface area (Å²) in [5, 5.41) is 4.71. The number of nitrogens with one attached hydrogen (secondary N) is 1. The van der Waals surface area contributed by atoms with Gasteiger partial charge in [-0.25, -0.2) is 4.98 Å². The highest BCUT2D eigenvalue weighted by Crippen LogP contribution is 2.20. The number of aromatic nitrogens is 1. The Hall–Kier alpha value is -0.720. The molecule has 16 heavy (non-hydrogen) atoms. The van der Waals surface area contributed by atoms with E-state index in [0.717, 1.165) is 14.4 Å². The maximum atomic E-state index is 11.7. The van der Waals surface area contributed by atoms with E-state index in [-0.39, 0.29) is 5.91 Å². The molecule has 0 aliphatic carbocycles. The average molecular weight is 317 g/mol. The number of hydrogen-bond acceptors (Lipinski definition) is 4. The number of rotatable bonds is 3. The van der Waals surface area contributed by atoms with Crippen molar-refractivity contribution in [1.82, 2.24) is 10.3 Å². The van der Waals surface area contributed by atoms with Gasteiger partial charge in [-0.3, -0.25) is 4.79 Å². The highest BCUT2D eigenvalue weighted by Gasteiger charge is 2.08. The summed E-state index contributed by atoms with van der Waals surface area (Å²) in [6.07, 6.45) is 0. The van der Waals surface area contributed by atoms with Gasteiger partial charge in [-0.15, -0.1) is 22.7 Å². The first-order chi connectivity index (χ1) is 7.66. The van der Waals surface area contributed by atoms with E-state index in [4.69, 9.17) is 0 Å². The lowest BCUT2D eigenvalue weighted by atomic mass is 10.3. The molecule has 0 spiro atoms. The van der Waals surface area contributed by atoms with Crippen molar-refractivity contribution in [2.45, 2.75) is 13.5 Å². The van der Waals surface area contributed by atoms with Crippen molar-refractivity contribution >= 4 is 44.5 Å². The lowest BCUT2D eigenvalue weighted by Gasteiger charge is -2.01. The van der Waals surface area contributed by atoms with Gasteiger partial charge in [0, 0.05) is 10.3 Å². The molecule has 1 N–H and O–H groups in total. The van der Waals surface area contributed by atoms with Crippen LogP contribution in [0.15, 0.2) is 20.7 Å². The van der Waals surface area contributed by atoms with Crippen LogP contribution in [0.4, 0.5) is 0 Å². The molecule has 0 fully saturated rings. The number of thiazole rings is 1. The Morgan fingerprint density at radius 2 is 2.38 bits per heavy atom. The maximum absolute atomic E-state index is 11.7. The normalized spacial score (nSPS) is 10.4. The minimum absolute atomic E-state index is 0.0465. The van der Waals surface area contributed by atoms with Gasteiger partial charge in [-0.05, 0) is 28.9 Å². The molecular weight excluding hydrogens is 308 g/mol. The van der Waals surface area contributed by atoms with Crippen molar-refractivity contribution in [2.75, 3.05) is 0 Å². The fourth-order valence-electron chi connectivity index (χ4n) is 1.19. The molecule has 2 aromatic heterocycles. The SMILES string of the molecule is Cc1ncsc1CNC(=O)c1csc(Br)c1. The van der Waals surface area contributed by atoms with Gasteiger partial charge < -0.3 is 5.32 Å². The fraction of sp³-hybridized carbons (Fsp3) is 0.200. The van der Waals surface area contributed by atoms with Crippen molar-refractivity contribution in [3.05, 3.63) is 36.9 Å². The summed E-state index contributed by atoms with van der Waals surface area (Å²) in [7, 11) is 0. The second-order valence-corrected chi connectivity index (χ2v) is 6.41. The number of halogens is 1. The van der Waals surface area contributed by atoms with E-state index in [1.54, 1.807) is 16.8 Å². The van der Waals surface area contributed by atoms with E-state index < -0.39 is 0 Å². The Morgan fingerprint density at radius 1 is 1.56 bits per heavy atom. The number of carbonyl (C=O) groups is 1. The molecule has 6 heteroatoms. The smallest absolute Gasteiger partial charge is 0.252 e. The predicted molar refractivity (Wildman–Crippen MR) is 70.0 cm³/mol. The monoisotopic (exact) mass is 316 g/mol. The van der Waals surface area contributed by atoms with Gasteiger partial charge >= 0.3 is 0 Å². The molecule has 3 nitrogen and oxygen atoms in total. The Morgan fingerprint density at radius 3 is 2.94 bits per heavy atom. The van der Waals surface area contributed by atoms with Gasteiger partial charge in [-0.1, -0.05) is 0 Å². The van der Waals surface area contributed by atoms with Crippen molar-refractivity contribution in [3.8, 4) is 0 Å². The van der Waals surface area contributed by atoms with Crippen LogP contribution in [0, 0.1) is 6.92 Å². The van der Waals surface area contributed by atoms with E-state index in [0.29, 0.717) is 12.1 Å². The highest BCUT2D eigenvalue weighted by molar-refractivity contribution is 9.11. The van der Waals surface area contributed by atoms with Crippen molar-refractivity contribution in [1.29, 1.82) is 0 Å². The Labute approximate surface area is 110 Å². The zero-order valence-corrected chi connectivity index (χ0v) is 11.7. The summed E-state index contributed by atoms with van der Waals surface area (Å²) in [6, 6.07) is 1.82. The molecule has 2 aromatic rings. The molecule has 2 heterocycles. The molecule has 0 unspecified atom stereocenters. The first-order valence-electron chi connectivity index (χ1n) is 4.58. The van der Waals surface area contributed by atoms with Gasteiger partial charge in [0.25, 0.3) is 5.91 Å². The summed E-state index contributed by atoms with van der Waals surface area (Å²) in [4.78, 5) is 17.0. The standard InChI is InChI=1S/C10H9BrN2OS2/c1-6-8(16-5-13-6)3-12-10(14)7-2-9(11)15-4-7/h2,4-5H,3H2,1H3,(H,12,14). The number of aryl methyl sites for hydroxylation is 1. The maximum Gasteiger partial charge on any atom is 0.252 e. The summed E-state index contributed by atoms with van der Waals surface area (Å²) in [5.41, 5.74) is 3.47. The summed E-state index contributed by atoms with van der Waals surface area (Å²) in [6.45, 7) is 2.49. The number of amides is 1. The molecule has 0 aromatic carbocycles. The number of hydrogen-bond donors (Lipinski definition) is 1. The Bertz CT molecular complexity index is 506. The van der Waals surface area contributed by atoms with Crippen LogP contribution in [-0.2, 0) is 6.54 Å². The van der Waals surface area contributed by atoms with Crippen LogP contribution < -0.4 is 5.32 Å². The van der Waals surface area contributed by atoms with Crippen LogP contribution in [0.5, 0.6) is 0 Å². The van der Waals surface area contributed by atoms with E-state index in [1.807, 2.05) is 18.4 Å². The van der Waals surface area contributed by atoms with Gasteiger partial charge in [-0.2, -0.15) is 0 Å². The van der Waals surface area contributed by atoms with Gasteiger partial charge in [0.05, 0.1) is 27.1 Å². The fourth-order valence-corrected chi connectivity index (χ4v) is 3.04. The van der Waals surface area contributed by atoms with Gasteiger partial charge in [0.15, 0.2) is 0 Å². The molecule has 0 atom stereocenters. The van der Waals surface area contributed by atoms with Gasteiger partial charge in [0.1, 0.15) is 0 Å². The van der Waals surface area contributed by atoms with Crippen LogP contribution in [0.2, 0.25) is 0 Å². The summed E-state index contributed by atoms with van der Waals surface area (Å²) in [5.74, 6) is -0.0465. The summed E-state index contributed by atoms with van der Waals surface area (Å²) < 4.78 is 0.964. The van der Waals surface area contributed by atoms with Crippen LogP contribution in [-0.4, -0.2) is 10.9 Å². The van der Waals surface area contributed by atoms with Gasteiger partial charge in [0.2, 0.25) is 0 Å². The third-order valence-corrected chi connectivity index (χ3v) is 4.52. The molecule has 84 valence electrons. The minimum atomic E-state index is -0.0465. The predicted octanol–water partition coefficient (Wildman–Crippen LogP) is 3.21. The topological polar surface area (TPSA) is 42.0 Å². The van der Waals surface area contributed by atoms with E-state index >= 15 is 0 Å². The third-order valence-electron chi connectivity index (χ3n) is 2.08. The van der Waals surface area contributed by atoms with Crippen molar-refractivity contribution in [3.63, 3.8) is 0 Å². The molecule has 0 aliphatic rings. The zero-order valence-electron chi connectivity index (χ0n) is 8.49. The van der Waals surface area contributed by atoms with E-state index in [2.05, 4.69) is 26.2 Å². The minimum Gasteiger partial charge on any atom is -0.347 e. The number of nitrogens with zero attached hydrogens (tertiary/aromatic N) is 1. The average Bonchev–Trinajstić information content (AvgIpc) is 2.84. The Balaban J connectivity index is 1.96. The van der Waals surface area contributed by atoms with E-state index in [9.17, 15) is 4.79 Å². The lowest BCUT2D eigenvalue weighted by molar-refractivity contribution is 0.0951. The molecule has 1 amide bonds. The summed E-state index contributed by atoms with van der Waals surface area (Å²) >= 11 is 6.40. The largest absolute Gasteiger partial charge is 0.347 e. The molecule has 0 aliphatic heterocycles. The molecule has 0 bridgehead atoms. The molecule has 0 saturated heterocycles. The first kappa shape index (κ1) is 11.8. The zero-order chi connectivity index (χ0) is 11.5. The molecular formula is C10H9BrN2OS2. The lowest BCUT2D eigenvalue weighted by Crippen LogP contribution is -2.22. The molecule has 0 radical (unpaired) electrons. The second kappa shape index (κ2) is 5.07. The van der Waals surface area contributed by atoms with Crippen LogP contribution >= 0.6 is 38.6 Å². The van der Waals surface area contributed by atoms with Crippen molar-refractivity contribution in [2.24, 2.45) is 0 Å². The van der Waals surface area contributed by atoms with Crippen LogP contribution in [0.1, 0.15) is 20.9 Å². The Kier molecular flexibility index (Phi) is 3.73. The van der Waals surface area contributed by atoms with Crippen LogP contribution in [0.25, 0.3) is 0 Å². The highest BCUT2D eigenvalue weighted by atomic mass is 79.9. The molecule has 0 saturated carbocycles. The van der Waals surface area contributed by atoms with Crippen LogP contribution in [0.3, 0.4) is 0 Å². The quantitative estimate of drug-likeness (QED) is 0.944. The number of carbonyl (C=O) groups excluding carboxylic acids is 1. The second-order valence-electron chi connectivity index (χ2n) is 3.18. The van der Waals surface area contributed by atoms with E-state index in [1.165, 1.54) is 11.3 Å². The first-order valence-corrected chi connectivity index (χ1v) is 7.13. The van der Waals surface area contributed by atoms with Crippen molar-refractivity contribution < 1.29 is 4.79 Å². The third kappa shape index (κ3) is 2.69. The molecule has 2 rings (SSSR count).